The Labute approximate surface area is 277 Å². The molecule has 2 amide bonds. The number of carbonyl (C=O) groups is 2. The first-order chi connectivity index (χ1) is 22.8. The number of benzene rings is 4. The lowest BCUT2D eigenvalue weighted by molar-refractivity contribution is 0.0266. The molecule has 0 saturated carbocycles. The van der Waals surface area contributed by atoms with E-state index in [9.17, 15) is 14.7 Å². The molecule has 0 aromatic heterocycles. The van der Waals surface area contributed by atoms with Crippen molar-refractivity contribution in [3.8, 4) is 5.75 Å². The number of nitrogens with one attached hydrogen (secondary N) is 3. The van der Waals surface area contributed by atoms with Gasteiger partial charge in [0.1, 0.15) is 5.75 Å². The lowest BCUT2D eigenvalue weighted by Gasteiger charge is -2.40. The Morgan fingerprint density at radius 3 is 2.15 bits per heavy atom. The molecule has 4 aromatic rings. The summed E-state index contributed by atoms with van der Waals surface area (Å²) in [5.41, 5.74) is 4.19. The number of carbonyl (C=O) groups excluding carboxylic acids is 2. The van der Waals surface area contributed by atoms with Crippen molar-refractivity contribution in [3.63, 3.8) is 0 Å². The molecular formula is C39H45N3O5. The summed E-state index contributed by atoms with van der Waals surface area (Å²) < 4.78 is 11.2. The number of aryl methyl sites for hydroxylation is 1. The summed E-state index contributed by atoms with van der Waals surface area (Å²) in [5, 5.41) is 21.5. The maximum absolute atomic E-state index is 13.8. The Bertz CT molecular complexity index is 1620. The van der Waals surface area contributed by atoms with Crippen molar-refractivity contribution >= 4 is 11.8 Å². The van der Waals surface area contributed by atoms with E-state index in [0.717, 1.165) is 40.8 Å². The van der Waals surface area contributed by atoms with Gasteiger partial charge in [0.15, 0.2) is 0 Å². The molecule has 5 rings (SSSR count). The van der Waals surface area contributed by atoms with Crippen LogP contribution in [0.4, 0.5) is 0 Å². The van der Waals surface area contributed by atoms with Crippen LogP contribution in [-0.2, 0) is 16.7 Å². The lowest BCUT2D eigenvalue weighted by atomic mass is 9.82. The van der Waals surface area contributed by atoms with E-state index in [0.29, 0.717) is 30.8 Å². The van der Waals surface area contributed by atoms with Crippen LogP contribution in [0.5, 0.6) is 5.75 Å². The van der Waals surface area contributed by atoms with Crippen LogP contribution in [-0.4, -0.2) is 55.9 Å². The van der Waals surface area contributed by atoms with Gasteiger partial charge in [-0.3, -0.25) is 9.59 Å². The molecular weight excluding hydrogens is 590 g/mol. The van der Waals surface area contributed by atoms with Crippen molar-refractivity contribution in [1.82, 2.24) is 16.0 Å². The normalized spacial score (nSPS) is 16.0. The molecule has 1 saturated heterocycles. The molecule has 0 aliphatic carbocycles. The first-order valence-corrected chi connectivity index (χ1v) is 16.2. The van der Waals surface area contributed by atoms with Gasteiger partial charge in [-0.05, 0) is 85.7 Å². The van der Waals surface area contributed by atoms with Crippen LogP contribution in [0.1, 0.15) is 68.8 Å². The second-order valence-corrected chi connectivity index (χ2v) is 12.3. The molecule has 0 radical (unpaired) electrons. The average Bonchev–Trinajstić information content (AvgIpc) is 3.11. The summed E-state index contributed by atoms with van der Waals surface area (Å²) in [4.78, 5) is 27.0. The van der Waals surface area contributed by atoms with E-state index in [1.807, 2.05) is 92.7 Å². The summed E-state index contributed by atoms with van der Waals surface area (Å²) in [6.07, 6.45) is 0.987. The molecule has 8 nitrogen and oxygen atoms in total. The fourth-order valence-corrected chi connectivity index (χ4v) is 6.20. The van der Waals surface area contributed by atoms with E-state index in [4.69, 9.17) is 9.47 Å². The third kappa shape index (κ3) is 8.86. The monoisotopic (exact) mass is 635 g/mol. The highest BCUT2D eigenvalue weighted by Crippen LogP contribution is 2.34. The third-order valence-corrected chi connectivity index (χ3v) is 8.95. The molecule has 1 aliphatic heterocycles. The van der Waals surface area contributed by atoms with Crippen LogP contribution in [0.15, 0.2) is 103 Å². The first kappa shape index (κ1) is 33.9. The second kappa shape index (κ2) is 15.9. The van der Waals surface area contributed by atoms with Crippen LogP contribution in [0, 0.1) is 6.92 Å². The molecule has 4 N–H and O–H groups in total. The number of hydrogen-bond acceptors (Lipinski definition) is 6. The van der Waals surface area contributed by atoms with Gasteiger partial charge in [-0.2, -0.15) is 0 Å². The first-order valence-electron chi connectivity index (χ1n) is 16.2. The minimum absolute atomic E-state index is 0.199. The molecule has 8 heteroatoms. The summed E-state index contributed by atoms with van der Waals surface area (Å²) >= 11 is 0. The largest absolute Gasteiger partial charge is 0.497 e. The highest BCUT2D eigenvalue weighted by Gasteiger charge is 2.36. The average molecular weight is 636 g/mol. The summed E-state index contributed by atoms with van der Waals surface area (Å²) in [5.74, 6) is 0.154. The zero-order chi connectivity index (χ0) is 33.2. The molecule has 3 atom stereocenters. The van der Waals surface area contributed by atoms with Crippen LogP contribution >= 0.6 is 0 Å². The van der Waals surface area contributed by atoms with E-state index < -0.39 is 17.7 Å². The highest BCUT2D eigenvalue weighted by atomic mass is 16.5. The number of aliphatic hydroxyl groups excluding tert-OH is 1. The standard InChI is InChI=1S/C39H45N3O5/c1-27-21-31(37(44)41-28(2)30-13-8-5-9-14-30)24-32(22-27)38(45)42-35(23-29-11-6-4-7-12-29)36(43)26-40-39(17-19-47-20-18-39)33-15-10-16-34(25-33)46-3/h4-16,21-22,24-25,28,35-36,40,43H,17-20,23,26H2,1-3H3,(H,41,44)(H,42,45)/t28-,35+,36-/m1/s1. The van der Waals surface area contributed by atoms with Crippen LogP contribution in [0.3, 0.4) is 0 Å². The van der Waals surface area contributed by atoms with Crippen molar-refractivity contribution in [3.05, 3.63) is 137 Å². The number of ether oxygens (including phenoxy) is 2. The van der Waals surface area contributed by atoms with Crippen molar-refractivity contribution < 1.29 is 24.2 Å². The smallest absolute Gasteiger partial charge is 0.251 e. The number of hydrogen-bond donors (Lipinski definition) is 4. The fourth-order valence-electron chi connectivity index (χ4n) is 6.20. The van der Waals surface area contributed by atoms with Crippen LogP contribution in [0.25, 0.3) is 0 Å². The number of amides is 2. The molecule has 0 unspecified atom stereocenters. The molecule has 4 aromatic carbocycles. The van der Waals surface area contributed by atoms with E-state index in [-0.39, 0.29) is 24.4 Å². The molecule has 1 aliphatic rings. The van der Waals surface area contributed by atoms with Gasteiger partial charge in [0.05, 0.1) is 25.3 Å². The molecule has 1 heterocycles. The van der Waals surface area contributed by atoms with Gasteiger partial charge < -0.3 is 30.5 Å². The number of methoxy groups -OCH3 is 1. The molecule has 47 heavy (non-hydrogen) atoms. The van der Waals surface area contributed by atoms with Gasteiger partial charge in [-0.15, -0.1) is 0 Å². The third-order valence-electron chi connectivity index (χ3n) is 8.95. The fraction of sp³-hybridized carbons (Fsp3) is 0.333. The van der Waals surface area contributed by atoms with Crippen molar-refractivity contribution in [1.29, 1.82) is 0 Å². The predicted octanol–water partition coefficient (Wildman–Crippen LogP) is 5.49. The van der Waals surface area contributed by atoms with Crippen molar-refractivity contribution in [2.75, 3.05) is 26.9 Å². The van der Waals surface area contributed by atoms with Gasteiger partial charge in [-0.1, -0.05) is 72.8 Å². The Balaban J connectivity index is 1.33. The second-order valence-electron chi connectivity index (χ2n) is 12.3. The Kier molecular flexibility index (Phi) is 11.4. The van der Waals surface area contributed by atoms with Crippen LogP contribution < -0.4 is 20.7 Å². The summed E-state index contributed by atoms with van der Waals surface area (Å²) in [6.45, 7) is 5.23. The Morgan fingerprint density at radius 2 is 1.49 bits per heavy atom. The minimum atomic E-state index is -0.913. The maximum atomic E-state index is 13.8. The number of rotatable bonds is 13. The van der Waals surface area contributed by atoms with Crippen molar-refractivity contribution in [2.45, 2.75) is 56.8 Å². The topological polar surface area (TPSA) is 109 Å². The Hall–Kier alpha value is -4.50. The molecule has 246 valence electrons. The van der Waals surface area contributed by atoms with E-state index in [2.05, 4.69) is 22.0 Å². The quantitative estimate of drug-likeness (QED) is 0.155. The van der Waals surface area contributed by atoms with Gasteiger partial charge >= 0.3 is 0 Å². The molecule has 0 bridgehead atoms. The minimum Gasteiger partial charge on any atom is -0.497 e. The lowest BCUT2D eigenvalue weighted by Crippen LogP contribution is -2.54. The van der Waals surface area contributed by atoms with Gasteiger partial charge in [0, 0.05) is 36.4 Å². The zero-order valence-electron chi connectivity index (χ0n) is 27.4. The SMILES string of the molecule is COc1cccc(C2(NC[C@@H](O)[C@H](Cc3ccccc3)NC(=O)c3cc(C)cc(C(=O)N[C@H](C)c4ccccc4)c3)CCOCC2)c1. The van der Waals surface area contributed by atoms with Crippen LogP contribution in [0.2, 0.25) is 0 Å². The number of aliphatic hydroxyl groups is 1. The molecule has 0 spiro atoms. The summed E-state index contributed by atoms with van der Waals surface area (Å²) in [6, 6.07) is 31.9. The zero-order valence-corrected chi connectivity index (χ0v) is 27.4. The molecule has 1 fully saturated rings. The van der Waals surface area contributed by atoms with E-state index in [1.54, 1.807) is 25.3 Å². The van der Waals surface area contributed by atoms with Gasteiger partial charge in [-0.25, -0.2) is 0 Å². The van der Waals surface area contributed by atoms with E-state index in [1.165, 1.54) is 0 Å². The maximum Gasteiger partial charge on any atom is 0.251 e. The van der Waals surface area contributed by atoms with Gasteiger partial charge in [0.2, 0.25) is 0 Å². The van der Waals surface area contributed by atoms with Gasteiger partial charge in [0.25, 0.3) is 11.8 Å². The summed E-state index contributed by atoms with van der Waals surface area (Å²) in [7, 11) is 1.65. The highest BCUT2D eigenvalue weighted by molar-refractivity contribution is 6.00. The Morgan fingerprint density at radius 1 is 0.851 bits per heavy atom. The van der Waals surface area contributed by atoms with E-state index >= 15 is 0 Å². The van der Waals surface area contributed by atoms with Crippen molar-refractivity contribution in [2.24, 2.45) is 0 Å². The predicted molar refractivity (Wildman–Crippen MR) is 184 cm³/mol.